The van der Waals surface area contributed by atoms with Crippen molar-refractivity contribution in [3.8, 4) is 0 Å². The van der Waals surface area contributed by atoms with Crippen LogP contribution in [-0.4, -0.2) is 28.8 Å². The molecule has 1 aromatic rings. The highest BCUT2D eigenvalue weighted by molar-refractivity contribution is 7.99. The predicted octanol–water partition coefficient (Wildman–Crippen LogP) is 1.22. The summed E-state index contributed by atoms with van der Waals surface area (Å²) in [6.45, 7) is 0. The van der Waals surface area contributed by atoms with E-state index in [1.807, 2.05) is 0 Å². The molecule has 8 heteroatoms. The maximum Gasteiger partial charge on any atom is 0.269 e. The third-order valence-corrected chi connectivity index (χ3v) is 4.17. The van der Waals surface area contributed by atoms with Crippen LogP contribution < -0.4 is 11.3 Å². The molecule has 0 saturated carbocycles. The average molecular weight is 297 g/mol. The molecule has 7 nitrogen and oxygen atoms in total. The number of benzene rings is 1. The van der Waals surface area contributed by atoms with Gasteiger partial charge in [-0.2, -0.15) is 0 Å². The SMILES string of the molecule is NNC(=O)C1CCC(CSc2ccc([N+](=O)[O-])cc2)O1. The van der Waals surface area contributed by atoms with Gasteiger partial charge in [0.05, 0.1) is 11.0 Å². The topological polar surface area (TPSA) is 107 Å². The van der Waals surface area contributed by atoms with Crippen LogP contribution >= 0.6 is 11.8 Å². The van der Waals surface area contributed by atoms with E-state index in [1.54, 1.807) is 23.9 Å². The Hall–Kier alpha value is -1.64. The third-order valence-electron chi connectivity index (χ3n) is 3.03. The van der Waals surface area contributed by atoms with E-state index in [1.165, 1.54) is 12.1 Å². The van der Waals surface area contributed by atoms with Crippen LogP contribution in [0.15, 0.2) is 29.2 Å². The number of ether oxygens (including phenoxy) is 1. The lowest BCUT2D eigenvalue weighted by molar-refractivity contribution is -0.384. The first kappa shape index (κ1) is 14.8. The standard InChI is InChI=1S/C12H15N3O4S/c13-14-12(16)11-6-3-9(19-11)7-20-10-4-1-8(2-5-10)15(17)18/h1-2,4-5,9,11H,3,6-7,13H2,(H,14,16). The van der Waals surface area contributed by atoms with E-state index in [4.69, 9.17) is 10.6 Å². The Bertz CT molecular complexity index is 494. The molecule has 1 saturated heterocycles. The second kappa shape index (κ2) is 6.69. The Balaban J connectivity index is 1.81. The average Bonchev–Trinajstić information content (AvgIpc) is 2.93. The molecule has 0 spiro atoms. The van der Waals surface area contributed by atoms with Crippen molar-refractivity contribution in [2.45, 2.75) is 29.9 Å². The van der Waals surface area contributed by atoms with Crippen molar-refractivity contribution in [3.63, 3.8) is 0 Å². The monoisotopic (exact) mass is 297 g/mol. The predicted molar refractivity (Wildman–Crippen MR) is 74.0 cm³/mol. The maximum atomic E-state index is 11.3. The first-order valence-corrected chi connectivity index (χ1v) is 7.12. The minimum atomic E-state index is -0.470. The van der Waals surface area contributed by atoms with E-state index < -0.39 is 11.0 Å². The zero-order chi connectivity index (χ0) is 14.5. The summed E-state index contributed by atoms with van der Waals surface area (Å²) in [5.41, 5.74) is 2.16. The molecule has 20 heavy (non-hydrogen) atoms. The summed E-state index contributed by atoms with van der Waals surface area (Å²) in [5, 5.41) is 10.5. The fourth-order valence-electron chi connectivity index (χ4n) is 1.97. The van der Waals surface area contributed by atoms with Crippen LogP contribution in [0.5, 0.6) is 0 Å². The second-order valence-electron chi connectivity index (χ2n) is 4.39. The van der Waals surface area contributed by atoms with E-state index in [0.29, 0.717) is 12.2 Å². The fourth-order valence-corrected chi connectivity index (χ4v) is 2.92. The molecule has 1 fully saturated rings. The van der Waals surface area contributed by atoms with Gasteiger partial charge in [0.1, 0.15) is 6.10 Å². The van der Waals surface area contributed by atoms with Crippen molar-refractivity contribution in [3.05, 3.63) is 34.4 Å². The van der Waals surface area contributed by atoms with Gasteiger partial charge in [-0.3, -0.25) is 20.3 Å². The van der Waals surface area contributed by atoms with Crippen LogP contribution in [0.1, 0.15) is 12.8 Å². The van der Waals surface area contributed by atoms with Crippen molar-refractivity contribution < 1.29 is 14.5 Å². The zero-order valence-corrected chi connectivity index (χ0v) is 11.5. The first-order chi connectivity index (χ1) is 9.60. The molecule has 3 N–H and O–H groups in total. The molecule has 108 valence electrons. The van der Waals surface area contributed by atoms with Crippen LogP contribution in [0.2, 0.25) is 0 Å². The first-order valence-electron chi connectivity index (χ1n) is 6.13. The van der Waals surface area contributed by atoms with E-state index >= 15 is 0 Å². The minimum absolute atomic E-state index is 0.00232. The number of nitrogens with zero attached hydrogens (tertiary/aromatic N) is 1. The smallest absolute Gasteiger partial charge is 0.269 e. The van der Waals surface area contributed by atoms with Crippen molar-refractivity contribution in [2.24, 2.45) is 5.84 Å². The molecule has 2 atom stereocenters. The quantitative estimate of drug-likeness (QED) is 0.278. The Morgan fingerprint density at radius 2 is 2.15 bits per heavy atom. The molecule has 0 radical (unpaired) electrons. The molecular weight excluding hydrogens is 282 g/mol. The Morgan fingerprint density at radius 3 is 2.75 bits per heavy atom. The highest BCUT2D eigenvalue weighted by Crippen LogP contribution is 2.27. The number of amides is 1. The van der Waals surface area contributed by atoms with Gasteiger partial charge in [-0.25, -0.2) is 5.84 Å². The van der Waals surface area contributed by atoms with Crippen LogP contribution in [0.4, 0.5) is 5.69 Å². The minimum Gasteiger partial charge on any atom is -0.364 e. The van der Waals surface area contributed by atoms with Gasteiger partial charge in [-0.1, -0.05) is 0 Å². The van der Waals surface area contributed by atoms with Gasteiger partial charge < -0.3 is 4.74 Å². The second-order valence-corrected chi connectivity index (χ2v) is 5.49. The molecule has 0 bridgehead atoms. The zero-order valence-electron chi connectivity index (χ0n) is 10.7. The normalized spacial score (nSPS) is 21.6. The van der Waals surface area contributed by atoms with Gasteiger partial charge in [0.15, 0.2) is 0 Å². The van der Waals surface area contributed by atoms with Crippen LogP contribution in [0.3, 0.4) is 0 Å². The number of carbonyl (C=O) groups excluding carboxylic acids is 1. The lowest BCUT2D eigenvalue weighted by Gasteiger charge is -2.12. The number of non-ortho nitro benzene ring substituents is 1. The van der Waals surface area contributed by atoms with E-state index in [0.717, 1.165) is 11.3 Å². The summed E-state index contributed by atoms with van der Waals surface area (Å²) >= 11 is 1.55. The number of nitrogens with one attached hydrogen (secondary N) is 1. The van der Waals surface area contributed by atoms with Crippen molar-refractivity contribution in [1.29, 1.82) is 0 Å². The molecule has 0 aliphatic carbocycles. The largest absolute Gasteiger partial charge is 0.364 e. The van der Waals surface area contributed by atoms with Crippen LogP contribution in [0.25, 0.3) is 0 Å². The molecule has 1 aromatic carbocycles. The van der Waals surface area contributed by atoms with Crippen LogP contribution in [0, 0.1) is 10.1 Å². The highest BCUT2D eigenvalue weighted by Gasteiger charge is 2.30. The third kappa shape index (κ3) is 3.69. The molecule has 1 heterocycles. The number of hydrogen-bond acceptors (Lipinski definition) is 6. The lowest BCUT2D eigenvalue weighted by atomic mass is 10.2. The molecule has 2 rings (SSSR count). The Kier molecular flexibility index (Phi) is 4.94. The molecular formula is C12H15N3O4S. The number of nitrogens with two attached hydrogens (primary N) is 1. The van der Waals surface area contributed by atoms with Gasteiger partial charge in [-0.05, 0) is 25.0 Å². The molecule has 1 aliphatic heterocycles. The van der Waals surface area contributed by atoms with Gasteiger partial charge in [0, 0.05) is 22.8 Å². The Labute approximate surface area is 120 Å². The van der Waals surface area contributed by atoms with Gasteiger partial charge in [-0.15, -0.1) is 11.8 Å². The Morgan fingerprint density at radius 1 is 1.45 bits per heavy atom. The highest BCUT2D eigenvalue weighted by atomic mass is 32.2. The fraction of sp³-hybridized carbons (Fsp3) is 0.417. The van der Waals surface area contributed by atoms with Crippen molar-refractivity contribution in [1.82, 2.24) is 5.43 Å². The number of nitro groups is 1. The van der Waals surface area contributed by atoms with Gasteiger partial charge >= 0.3 is 0 Å². The van der Waals surface area contributed by atoms with Crippen LogP contribution in [-0.2, 0) is 9.53 Å². The molecule has 1 aliphatic rings. The molecule has 0 aromatic heterocycles. The summed E-state index contributed by atoms with van der Waals surface area (Å²) in [7, 11) is 0. The number of carbonyl (C=O) groups is 1. The number of thioether (sulfide) groups is 1. The maximum absolute atomic E-state index is 11.3. The molecule has 1 amide bonds. The summed E-state index contributed by atoms with van der Waals surface area (Å²) in [5.74, 6) is 5.46. The van der Waals surface area contributed by atoms with Crippen molar-refractivity contribution in [2.75, 3.05) is 5.75 Å². The number of hydrazine groups is 1. The van der Waals surface area contributed by atoms with E-state index in [9.17, 15) is 14.9 Å². The summed E-state index contributed by atoms with van der Waals surface area (Å²) < 4.78 is 5.58. The summed E-state index contributed by atoms with van der Waals surface area (Å²) in [6.07, 6.45) is 0.993. The molecule has 2 unspecified atom stereocenters. The van der Waals surface area contributed by atoms with E-state index in [2.05, 4.69) is 5.43 Å². The number of nitro benzene ring substituents is 1. The van der Waals surface area contributed by atoms with Gasteiger partial charge in [0.2, 0.25) is 0 Å². The van der Waals surface area contributed by atoms with E-state index in [-0.39, 0.29) is 17.7 Å². The van der Waals surface area contributed by atoms with Gasteiger partial charge in [0.25, 0.3) is 11.6 Å². The van der Waals surface area contributed by atoms with Crippen molar-refractivity contribution >= 4 is 23.4 Å². The lowest BCUT2D eigenvalue weighted by Crippen LogP contribution is -2.39. The number of hydrogen-bond donors (Lipinski definition) is 2. The number of rotatable bonds is 5. The summed E-state index contributed by atoms with van der Waals surface area (Å²) in [4.78, 5) is 22.4. The summed E-state index contributed by atoms with van der Waals surface area (Å²) in [6, 6.07) is 6.37.